The smallest absolute Gasteiger partial charge is 0.410 e. The molecule has 3 atom stereocenters. The molecule has 3 aromatic rings. The minimum Gasteiger partial charge on any atom is -0.444 e. The van der Waals surface area contributed by atoms with E-state index in [4.69, 9.17) is 14.6 Å². The Balaban J connectivity index is 1.25. The number of ether oxygens (including phenoxy) is 2. The molecule has 0 spiro atoms. The number of fused-ring (bicyclic) bond motifs is 1. The van der Waals surface area contributed by atoms with Crippen molar-refractivity contribution in [2.75, 3.05) is 45.9 Å². The lowest BCUT2D eigenvalue weighted by Crippen LogP contribution is -2.44. The summed E-state index contributed by atoms with van der Waals surface area (Å²) in [5, 5.41) is 10.7. The van der Waals surface area contributed by atoms with Gasteiger partial charge in [0.1, 0.15) is 5.60 Å². The number of hydrogen-bond donors (Lipinski definition) is 2. The number of aromatic nitrogens is 3. The Morgan fingerprint density at radius 2 is 1.80 bits per heavy atom. The van der Waals surface area contributed by atoms with E-state index in [0.29, 0.717) is 31.9 Å². The first-order valence-corrected chi connectivity index (χ1v) is 17.6. The van der Waals surface area contributed by atoms with Crippen LogP contribution in [0, 0.1) is 18.8 Å². The van der Waals surface area contributed by atoms with Crippen LogP contribution < -0.4 is 10.6 Å². The van der Waals surface area contributed by atoms with Crippen molar-refractivity contribution >= 4 is 23.4 Å². The van der Waals surface area contributed by atoms with Crippen LogP contribution in [0.1, 0.15) is 88.1 Å². The Hall–Kier alpha value is -4.16. The zero-order valence-corrected chi connectivity index (χ0v) is 29.9. The minimum atomic E-state index is -0.516. The lowest BCUT2D eigenvalue weighted by atomic mass is 9.89. The molecule has 264 valence electrons. The first kappa shape index (κ1) is 34.7. The Morgan fingerprint density at radius 3 is 2.47 bits per heavy atom. The first-order valence-electron chi connectivity index (χ1n) is 17.6. The molecule has 0 aromatic carbocycles. The normalized spacial score (nSPS) is 21.7. The summed E-state index contributed by atoms with van der Waals surface area (Å²) in [5.74, 6) is -0.549. The van der Waals surface area contributed by atoms with Gasteiger partial charge in [0.15, 0.2) is 0 Å². The molecule has 6 heterocycles. The van der Waals surface area contributed by atoms with Crippen LogP contribution >= 0.6 is 0 Å². The van der Waals surface area contributed by atoms with Gasteiger partial charge in [0.2, 0.25) is 5.91 Å². The molecule has 0 saturated carbocycles. The van der Waals surface area contributed by atoms with Crippen molar-refractivity contribution in [3.8, 4) is 11.1 Å². The SMILES string of the molecule is CC1=CC(C)C(CNC(=O)c2cc3cc(-c4cnn(C5CCN(C(=O)OC(C)(C)C)CC5)c4)cn3c(C(C)N3CCOCC3)c2C)C(=O)N1. The molecular weight excluding hydrogens is 622 g/mol. The summed E-state index contributed by atoms with van der Waals surface area (Å²) >= 11 is 0. The first-order chi connectivity index (χ1) is 23.3. The Kier molecular flexibility index (Phi) is 9.90. The van der Waals surface area contributed by atoms with E-state index in [1.807, 2.05) is 64.6 Å². The molecule has 3 aliphatic heterocycles. The summed E-state index contributed by atoms with van der Waals surface area (Å²) in [6.45, 7) is 18.2. The van der Waals surface area contributed by atoms with Crippen molar-refractivity contribution in [3.63, 3.8) is 0 Å². The van der Waals surface area contributed by atoms with Crippen LogP contribution in [0.5, 0.6) is 0 Å². The topological polar surface area (TPSA) is 122 Å². The van der Waals surface area contributed by atoms with Crippen LogP contribution in [-0.2, 0) is 14.3 Å². The van der Waals surface area contributed by atoms with Gasteiger partial charge in [-0.25, -0.2) is 4.79 Å². The second-order valence-corrected chi connectivity index (χ2v) is 14.8. The molecule has 49 heavy (non-hydrogen) atoms. The number of carbonyl (C=O) groups is 3. The second-order valence-electron chi connectivity index (χ2n) is 14.8. The predicted octanol–water partition coefficient (Wildman–Crippen LogP) is 5.09. The summed E-state index contributed by atoms with van der Waals surface area (Å²) in [4.78, 5) is 43.3. The lowest BCUT2D eigenvalue weighted by molar-refractivity contribution is -0.125. The van der Waals surface area contributed by atoms with Gasteiger partial charge < -0.3 is 29.4 Å². The fourth-order valence-corrected chi connectivity index (χ4v) is 7.40. The van der Waals surface area contributed by atoms with Gasteiger partial charge in [0.25, 0.3) is 5.91 Å². The van der Waals surface area contributed by atoms with Gasteiger partial charge in [-0.1, -0.05) is 13.0 Å². The molecule has 2 fully saturated rings. The van der Waals surface area contributed by atoms with E-state index >= 15 is 0 Å². The number of piperidine rings is 1. The third-order valence-electron chi connectivity index (χ3n) is 10.1. The highest BCUT2D eigenvalue weighted by Crippen LogP contribution is 2.33. The maximum Gasteiger partial charge on any atom is 0.410 e. The summed E-state index contributed by atoms with van der Waals surface area (Å²) in [6, 6.07) is 4.29. The van der Waals surface area contributed by atoms with E-state index in [1.54, 1.807) is 4.90 Å². The molecule has 12 heteroatoms. The van der Waals surface area contributed by atoms with Gasteiger partial charge in [0, 0.05) is 84.8 Å². The quantitative estimate of drug-likeness (QED) is 0.358. The van der Waals surface area contributed by atoms with Crippen LogP contribution in [0.2, 0.25) is 0 Å². The van der Waals surface area contributed by atoms with Crippen molar-refractivity contribution in [2.24, 2.45) is 11.8 Å². The number of rotatable bonds is 7. The van der Waals surface area contributed by atoms with Crippen molar-refractivity contribution < 1.29 is 23.9 Å². The summed E-state index contributed by atoms with van der Waals surface area (Å²) in [6.07, 6.45) is 9.50. The predicted molar refractivity (Wildman–Crippen MR) is 187 cm³/mol. The number of allylic oxidation sites excluding steroid dienone is 2. The maximum atomic E-state index is 13.8. The highest BCUT2D eigenvalue weighted by molar-refractivity contribution is 5.97. The molecule has 0 aliphatic carbocycles. The Labute approximate surface area is 288 Å². The largest absolute Gasteiger partial charge is 0.444 e. The monoisotopic (exact) mass is 673 g/mol. The molecule has 2 saturated heterocycles. The third-order valence-corrected chi connectivity index (χ3v) is 10.1. The van der Waals surface area contributed by atoms with Gasteiger partial charge in [-0.05, 0) is 78.0 Å². The molecule has 2 N–H and O–H groups in total. The molecule has 3 aliphatic rings. The molecular formula is C37H51N7O5. The molecule has 6 rings (SSSR count). The van der Waals surface area contributed by atoms with E-state index in [2.05, 4.69) is 45.3 Å². The summed E-state index contributed by atoms with van der Waals surface area (Å²) < 4.78 is 15.4. The third kappa shape index (κ3) is 7.55. The van der Waals surface area contributed by atoms with Gasteiger partial charge >= 0.3 is 6.09 Å². The molecule has 3 amide bonds. The van der Waals surface area contributed by atoms with Gasteiger partial charge in [0.05, 0.1) is 31.4 Å². The van der Waals surface area contributed by atoms with Crippen molar-refractivity contribution in [3.05, 3.63) is 59.3 Å². The number of carbonyl (C=O) groups excluding carboxylic acids is 3. The van der Waals surface area contributed by atoms with E-state index in [1.165, 1.54) is 0 Å². The molecule has 0 bridgehead atoms. The van der Waals surface area contributed by atoms with Gasteiger partial charge in [-0.15, -0.1) is 0 Å². The Morgan fingerprint density at radius 1 is 1.08 bits per heavy atom. The summed E-state index contributed by atoms with van der Waals surface area (Å²) in [5.41, 5.74) is 5.83. The highest BCUT2D eigenvalue weighted by atomic mass is 16.6. The fraction of sp³-hybridized carbons (Fsp3) is 0.568. The lowest BCUT2D eigenvalue weighted by Gasteiger charge is -2.34. The maximum absolute atomic E-state index is 13.8. The van der Waals surface area contributed by atoms with Crippen LogP contribution in [0.15, 0.2) is 42.5 Å². The van der Waals surface area contributed by atoms with E-state index in [-0.39, 0.29) is 48.4 Å². The number of pyridine rings is 1. The molecule has 3 aromatic heterocycles. The standard InChI is InChI=1S/C37H51N7O5/c1-23-16-24(2)40-35(46)32(23)20-38-34(45)31-18-30-17-27(21-43(30)33(25(31)3)26(4)41-12-14-48-15-13-41)28-19-39-44(22-28)29-8-10-42(11-9-29)36(47)49-37(5,6)7/h16-19,21-23,26,29,32H,8-15,20H2,1-7H3,(H,38,45)(H,40,46). The van der Waals surface area contributed by atoms with Crippen molar-refractivity contribution in [2.45, 2.75) is 79.0 Å². The number of nitrogens with one attached hydrogen (secondary N) is 2. The van der Waals surface area contributed by atoms with Crippen LogP contribution in [0.4, 0.5) is 4.79 Å². The number of likely N-dealkylation sites (tertiary alicyclic amines) is 1. The average Bonchev–Trinajstić information content (AvgIpc) is 3.71. The fourth-order valence-electron chi connectivity index (χ4n) is 7.40. The minimum absolute atomic E-state index is 0.0288. The van der Waals surface area contributed by atoms with E-state index in [9.17, 15) is 14.4 Å². The van der Waals surface area contributed by atoms with E-state index in [0.717, 1.165) is 59.5 Å². The van der Waals surface area contributed by atoms with Gasteiger partial charge in [-0.3, -0.25) is 19.2 Å². The molecule has 12 nitrogen and oxygen atoms in total. The number of morpholine rings is 1. The number of nitrogens with zero attached hydrogens (tertiary/aromatic N) is 5. The van der Waals surface area contributed by atoms with Crippen molar-refractivity contribution in [1.82, 2.24) is 34.6 Å². The number of hydrogen-bond acceptors (Lipinski definition) is 7. The zero-order valence-electron chi connectivity index (χ0n) is 29.9. The second kappa shape index (κ2) is 14.0. The van der Waals surface area contributed by atoms with Crippen molar-refractivity contribution in [1.29, 1.82) is 0 Å². The van der Waals surface area contributed by atoms with Crippen LogP contribution in [0.3, 0.4) is 0 Å². The van der Waals surface area contributed by atoms with E-state index < -0.39 is 5.60 Å². The average molecular weight is 674 g/mol. The van der Waals surface area contributed by atoms with Crippen LogP contribution in [-0.4, -0.2) is 93.4 Å². The summed E-state index contributed by atoms with van der Waals surface area (Å²) in [7, 11) is 0. The highest BCUT2D eigenvalue weighted by Gasteiger charge is 2.31. The number of amides is 3. The Bertz CT molecular complexity index is 1740. The van der Waals surface area contributed by atoms with Gasteiger partial charge in [-0.2, -0.15) is 5.10 Å². The molecule has 3 unspecified atom stereocenters. The molecule has 0 radical (unpaired) electrons. The zero-order chi connectivity index (χ0) is 35.0. The van der Waals surface area contributed by atoms with Crippen LogP contribution in [0.25, 0.3) is 16.6 Å².